The molecular weight excluding hydrogens is 302 g/mol. The Hall–Kier alpha value is -1.45. The summed E-state index contributed by atoms with van der Waals surface area (Å²) in [4.78, 5) is 2.12. The highest BCUT2D eigenvalue weighted by Gasteiger charge is 2.29. The van der Waals surface area contributed by atoms with Crippen LogP contribution in [0.2, 0.25) is 0 Å². The van der Waals surface area contributed by atoms with Crippen molar-refractivity contribution >= 4 is 17.4 Å². The maximum absolute atomic E-state index is 6.10. The van der Waals surface area contributed by atoms with E-state index in [1.807, 2.05) is 25.6 Å². The molecule has 23 heavy (non-hydrogen) atoms. The summed E-state index contributed by atoms with van der Waals surface area (Å²) in [6.07, 6.45) is 0.141. The predicted molar refractivity (Wildman–Crippen MR) is 102 cm³/mol. The minimum absolute atomic E-state index is 0.141. The smallest absolute Gasteiger partial charge is 0.0984 e. The molecule has 0 spiro atoms. The van der Waals surface area contributed by atoms with Crippen molar-refractivity contribution < 1.29 is 4.74 Å². The average Bonchev–Trinajstić information content (AvgIpc) is 2.64. The molecule has 1 aliphatic heterocycles. The van der Waals surface area contributed by atoms with E-state index in [1.54, 1.807) is 0 Å². The van der Waals surface area contributed by atoms with Gasteiger partial charge < -0.3 is 9.64 Å². The van der Waals surface area contributed by atoms with Gasteiger partial charge >= 0.3 is 0 Å². The van der Waals surface area contributed by atoms with Crippen LogP contribution >= 0.6 is 11.8 Å². The molecule has 2 aromatic carbocycles. The van der Waals surface area contributed by atoms with Crippen LogP contribution in [0.25, 0.3) is 0 Å². The zero-order chi connectivity index (χ0) is 16.7. The van der Waals surface area contributed by atoms with Crippen molar-refractivity contribution in [3.63, 3.8) is 0 Å². The molecule has 2 unspecified atom stereocenters. The molecule has 3 rings (SSSR count). The van der Waals surface area contributed by atoms with Crippen molar-refractivity contribution in [2.75, 3.05) is 31.4 Å². The van der Waals surface area contributed by atoms with Gasteiger partial charge in [-0.25, -0.2) is 0 Å². The van der Waals surface area contributed by atoms with Gasteiger partial charge in [0.1, 0.15) is 0 Å². The fourth-order valence-electron chi connectivity index (χ4n) is 2.67. The van der Waals surface area contributed by atoms with Crippen molar-refractivity contribution in [2.24, 2.45) is 0 Å². The molecule has 1 heterocycles. The molecule has 1 aliphatic rings. The van der Waals surface area contributed by atoms with E-state index in [1.165, 1.54) is 16.8 Å². The number of ether oxygens (including phenoxy) is 1. The first-order valence-corrected chi connectivity index (χ1v) is 9.36. The average molecular weight is 330 g/mol. The highest BCUT2D eigenvalue weighted by molar-refractivity contribution is 7.99. The van der Waals surface area contributed by atoms with Crippen LogP contribution < -0.4 is 4.90 Å². The molecule has 0 bridgehead atoms. The quantitative estimate of drug-likeness (QED) is 0.755. The molecule has 2 nitrogen and oxygen atoms in total. The third-order valence-electron chi connectivity index (χ3n) is 3.82. The second-order valence-electron chi connectivity index (χ2n) is 5.48. The summed E-state index contributed by atoms with van der Waals surface area (Å²) in [6.45, 7) is 4.83. The molecule has 0 radical (unpaired) electrons. The van der Waals surface area contributed by atoms with Gasteiger partial charge in [0.05, 0.1) is 18.0 Å². The summed E-state index contributed by atoms with van der Waals surface area (Å²) < 4.78 is 6.10. The van der Waals surface area contributed by atoms with E-state index >= 15 is 0 Å². The second kappa shape index (κ2) is 8.99. The van der Waals surface area contributed by atoms with E-state index in [-0.39, 0.29) is 6.10 Å². The summed E-state index contributed by atoms with van der Waals surface area (Å²) in [5.41, 5.74) is 3.84. The lowest BCUT2D eigenvalue weighted by Crippen LogP contribution is -2.20. The third-order valence-corrected chi connectivity index (χ3v) is 5.10. The maximum Gasteiger partial charge on any atom is 0.0984 e. The topological polar surface area (TPSA) is 12.5 Å². The minimum Gasteiger partial charge on any atom is -0.378 e. The molecule has 3 heteroatoms. The lowest BCUT2D eigenvalue weighted by molar-refractivity contribution is 0.0550. The lowest BCUT2D eigenvalue weighted by Gasteiger charge is -2.32. The van der Waals surface area contributed by atoms with E-state index in [9.17, 15) is 0 Å². The monoisotopic (exact) mass is 329 g/mol. The largest absolute Gasteiger partial charge is 0.378 e. The van der Waals surface area contributed by atoms with Gasteiger partial charge in [-0.1, -0.05) is 56.3 Å². The van der Waals surface area contributed by atoms with Crippen molar-refractivity contribution in [3.05, 3.63) is 65.7 Å². The Balaban J connectivity index is 0.000000924. The molecule has 0 aliphatic carbocycles. The predicted octanol–water partition coefficient (Wildman–Crippen LogP) is 5.32. The minimum atomic E-state index is 0.141. The van der Waals surface area contributed by atoms with Crippen LogP contribution in [0.4, 0.5) is 5.69 Å². The molecular formula is C20H27NOS. The highest BCUT2D eigenvalue weighted by Crippen LogP contribution is 2.45. The Labute approximate surface area is 144 Å². The number of anilines is 1. The number of benzene rings is 2. The second-order valence-corrected chi connectivity index (χ2v) is 6.73. The first-order chi connectivity index (χ1) is 11.3. The Morgan fingerprint density at radius 3 is 2.17 bits per heavy atom. The van der Waals surface area contributed by atoms with Crippen molar-refractivity contribution in [3.8, 4) is 0 Å². The van der Waals surface area contributed by atoms with Crippen LogP contribution in [-0.2, 0) is 4.74 Å². The molecule has 0 aromatic heterocycles. The van der Waals surface area contributed by atoms with Crippen LogP contribution in [0.1, 0.15) is 36.3 Å². The summed E-state index contributed by atoms with van der Waals surface area (Å²) in [5, 5.41) is 0.380. The van der Waals surface area contributed by atoms with Gasteiger partial charge in [-0.2, -0.15) is 0 Å². The number of rotatable bonds is 3. The van der Waals surface area contributed by atoms with Gasteiger partial charge in [-0.15, -0.1) is 11.8 Å². The SMILES string of the molecule is CC.CN(C)c1ccc(C2OCCSC2c2ccccc2)cc1. The van der Waals surface area contributed by atoms with Gasteiger partial charge in [0.25, 0.3) is 0 Å². The normalized spacial score (nSPS) is 20.3. The summed E-state index contributed by atoms with van der Waals surface area (Å²) in [7, 11) is 4.13. The van der Waals surface area contributed by atoms with Gasteiger partial charge in [0.2, 0.25) is 0 Å². The maximum atomic E-state index is 6.10. The van der Waals surface area contributed by atoms with Crippen molar-refractivity contribution in [1.82, 2.24) is 0 Å². The van der Waals surface area contributed by atoms with Crippen molar-refractivity contribution in [2.45, 2.75) is 25.2 Å². The number of hydrogen-bond acceptors (Lipinski definition) is 3. The molecule has 0 saturated carbocycles. The zero-order valence-electron chi connectivity index (χ0n) is 14.5. The Kier molecular flexibility index (Phi) is 7.00. The van der Waals surface area contributed by atoms with Crippen LogP contribution in [-0.4, -0.2) is 26.5 Å². The first-order valence-electron chi connectivity index (χ1n) is 8.31. The van der Waals surface area contributed by atoms with Gasteiger partial charge in [-0.3, -0.25) is 0 Å². The van der Waals surface area contributed by atoms with Crippen LogP contribution in [0.15, 0.2) is 54.6 Å². The van der Waals surface area contributed by atoms with Gasteiger partial charge in [0.15, 0.2) is 0 Å². The number of thioether (sulfide) groups is 1. The fraction of sp³-hybridized carbons (Fsp3) is 0.400. The van der Waals surface area contributed by atoms with Crippen LogP contribution in [0.3, 0.4) is 0 Å². The molecule has 2 atom stereocenters. The van der Waals surface area contributed by atoms with Crippen molar-refractivity contribution in [1.29, 1.82) is 0 Å². The molecule has 2 aromatic rings. The molecule has 1 saturated heterocycles. The standard InChI is InChI=1S/C18H21NOS.C2H6/c1-19(2)16-10-8-14(9-11-16)17-18(21-13-12-20-17)15-6-4-3-5-7-15;1-2/h3-11,17-18H,12-13H2,1-2H3;1-2H3. The van der Waals surface area contributed by atoms with E-state index in [0.29, 0.717) is 5.25 Å². The third kappa shape index (κ3) is 4.52. The highest BCUT2D eigenvalue weighted by atomic mass is 32.2. The van der Waals surface area contributed by atoms with Crippen LogP contribution in [0.5, 0.6) is 0 Å². The molecule has 0 amide bonds. The molecule has 0 N–H and O–H groups in total. The van der Waals surface area contributed by atoms with E-state index < -0.39 is 0 Å². The Morgan fingerprint density at radius 1 is 0.913 bits per heavy atom. The van der Waals surface area contributed by atoms with E-state index in [2.05, 4.69) is 73.6 Å². The van der Waals surface area contributed by atoms with Crippen LogP contribution in [0, 0.1) is 0 Å². The Bertz CT molecular complexity index is 568. The van der Waals surface area contributed by atoms with Gasteiger partial charge in [0, 0.05) is 25.5 Å². The van der Waals surface area contributed by atoms with E-state index in [4.69, 9.17) is 4.74 Å². The molecule has 1 fully saturated rings. The summed E-state index contributed by atoms with van der Waals surface area (Å²) in [5.74, 6) is 1.06. The first kappa shape index (κ1) is 17.9. The van der Waals surface area contributed by atoms with Gasteiger partial charge in [-0.05, 0) is 23.3 Å². The number of hydrogen-bond donors (Lipinski definition) is 0. The lowest BCUT2D eigenvalue weighted by atomic mass is 10.00. The zero-order valence-corrected chi connectivity index (χ0v) is 15.3. The Morgan fingerprint density at radius 2 is 1.57 bits per heavy atom. The molecule has 124 valence electrons. The fourth-order valence-corrected chi connectivity index (χ4v) is 3.88. The summed E-state index contributed by atoms with van der Waals surface area (Å²) in [6, 6.07) is 19.4. The number of nitrogens with zero attached hydrogens (tertiary/aromatic N) is 1. The van der Waals surface area contributed by atoms with E-state index in [0.717, 1.165) is 12.4 Å². The summed E-state index contributed by atoms with van der Waals surface area (Å²) >= 11 is 1.99.